The number of hydrogen-bond acceptors (Lipinski definition) is 7. The van der Waals surface area contributed by atoms with Crippen molar-refractivity contribution in [1.82, 2.24) is 15.8 Å². The second kappa shape index (κ2) is 12.9. The third kappa shape index (κ3) is 7.21. The van der Waals surface area contributed by atoms with Gasteiger partial charge in [-0.1, -0.05) is 66.4 Å². The molecule has 0 aromatic heterocycles. The summed E-state index contributed by atoms with van der Waals surface area (Å²) in [6, 6.07) is 23.6. The Hall–Kier alpha value is -4.15. The number of benzene rings is 3. The minimum atomic E-state index is -0.584. The van der Waals surface area contributed by atoms with Crippen LogP contribution in [0.15, 0.2) is 83.8 Å². The Morgan fingerprint density at radius 3 is 2.26 bits per heavy atom. The summed E-state index contributed by atoms with van der Waals surface area (Å²) in [5.74, 6) is -0.111. The first kappa shape index (κ1) is 26.9. The largest absolute Gasteiger partial charge is 0.494 e. The Morgan fingerprint density at radius 2 is 1.58 bits per heavy atom. The predicted octanol–water partition coefficient (Wildman–Crippen LogP) is 4.33. The minimum absolute atomic E-state index is 0.264. The van der Waals surface area contributed by atoms with Crippen molar-refractivity contribution in [1.29, 1.82) is 0 Å². The van der Waals surface area contributed by atoms with Gasteiger partial charge in [-0.15, -0.1) is 0 Å². The number of nitrogens with zero attached hydrogens (tertiary/aromatic N) is 1. The molecule has 8 nitrogen and oxygen atoms in total. The quantitative estimate of drug-likeness (QED) is 0.234. The number of thioether (sulfide) groups is 1. The molecule has 3 amide bonds. The fourth-order valence-electron chi connectivity index (χ4n) is 3.44. The molecule has 38 heavy (non-hydrogen) atoms. The van der Waals surface area contributed by atoms with Crippen molar-refractivity contribution in [2.75, 3.05) is 13.2 Å². The van der Waals surface area contributed by atoms with Crippen LogP contribution in [0.25, 0.3) is 6.08 Å². The fraction of sp³-hybridized carbons (Fsp3) is 0.143. The summed E-state index contributed by atoms with van der Waals surface area (Å²) in [6.07, 6.45) is 1.71. The molecule has 0 atom stereocenters. The van der Waals surface area contributed by atoms with Crippen LogP contribution in [0.5, 0.6) is 11.5 Å². The molecule has 0 spiro atoms. The summed E-state index contributed by atoms with van der Waals surface area (Å²) in [5.41, 5.74) is 6.85. The molecule has 1 aliphatic heterocycles. The second-order valence-electron chi connectivity index (χ2n) is 8.07. The van der Waals surface area contributed by atoms with Crippen LogP contribution in [0.4, 0.5) is 0 Å². The molecule has 4 rings (SSSR count). The number of amides is 3. The molecule has 2 N–H and O–H groups in total. The molecular formula is C28H25N3O5S2. The highest BCUT2D eigenvalue weighted by atomic mass is 32.2. The first-order valence-corrected chi connectivity index (χ1v) is 13.0. The van der Waals surface area contributed by atoms with Crippen LogP contribution in [-0.2, 0) is 16.2 Å². The van der Waals surface area contributed by atoms with Gasteiger partial charge in [0.2, 0.25) is 0 Å². The standard InChI is InChI=1S/C28H25N3O5S2/c1-2-35-22-12-8-19(9-13-22)16-24-27(34)31(28(37)38-24)17-25(32)29-30-26(33)21-10-14-23(15-11-21)36-18-20-6-4-3-5-7-20/h3-16H,2,17-18H2,1H3,(H,29,32)(H,30,33). The maximum Gasteiger partial charge on any atom is 0.269 e. The SMILES string of the molecule is CCOc1ccc(C=C2SC(=S)N(CC(=O)NNC(=O)c3ccc(OCc4ccccc4)cc3)C2=O)cc1. The van der Waals surface area contributed by atoms with Crippen LogP contribution in [-0.4, -0.2) is 40.1 Å². The maximum atomic E-state index is 12.8. The number of carbonyl (C=O) groups is 3. The van der Waals surface area contributed by atoms with Crippen LogP contribution < -0.4 is 20.3 Å². The number of hydrogen-bond donors (Lipinski definition) is 2. The van der Waals surface area contributed by atoms with Gasteiger partial charge in [0, 0.05) is 5.56 Å². The van der Waals surface area contributed by atoms with Gasteiger partial charge in [0.25, 0.3) is 17.7 Å². The van der Waals surface area contributed by atoms with E-state index in [1.165, 1.54) is 4.90 Å². The molecule has 1 saturated heterocycles. The van der Waals surface area contributed by atoms with E-state index in [9.17, 15) is 14.4 Å². The van der Waals surface area contributed by atoms with E-state index in [0.717, 1.165) is 28.6 Å². The molecular weight excluding hydrogens is 522 g/mol. The van der Waals surface area contributed by atoms with Crippen LogP contribution in [0.2, 0.25) is 0 Å². The van der Waals surface area contributed by atoms with Gasteiger partial charge in [0.1, 0.15) is 29.0 Å². The first-order chi connectivity index (χ1) is 18.4. The summed E-state index contributed by atoms with van der Waals surface area (Å²) < 4.78 is 11.4. The molecule has 3 aromatic rings. The summed E-state index contributed by atoms with van der Waals surface area (Å²) in [6.45, 7) is 2.56. The number of rotatable bonds is 9. The summed E-state index contributed by atoms with van der Waals surface area (Å²) >= 11 is 6.41. The first-order valence-electron chi connectivity index (χ1n) is 11.8. The van der Waals surface area contributed by atoms with E-state index in [1.807, 2.05) is 61.5 Å². The number of hydrazine groups is 1. The lowest BCUT2D eigenvalue weighted by Gasteiger charge is -2.14. The Bertz CT molecular complexity index is 1340. The van der Waals surface area contributed by atoms with E-state index < -0.39 is 11.8 Å². The lowest BCUT2D eigenvalue weighted by atomic mass is 10.2. The summed E-state index contributed by atoms with van der Waals surface area (Å²) in [7, 11) is 0. The third-order valence-corrected chi connectivity index (χ3v) is 6.72. The Kier molecular flexibility index (Phi) is 9.12. The predicted molar refractivity (Wildman–Crippen MR) is 150 cm³/mol. The van der Waals surface area contributed by atoms with Gasteiger partial charge in [-0.2, -0.15) is 0 Å². The molecule has 0 aliphatic carbocycles. The van der Waals surface area contributed by atoms with Crippen molar-refractivity contribution < 1.29 is 23.9 Å². The molecule has 0 radical (unpaired) electrons. The zero-order valence-corrected chi connectivity index (χ0v) is 22.1. The van der Waals surface area contributed by atoms with Gasteiger partial charge in [-0.05, 0) is 60.5 Å². The van der Waals surface area contributed by atoms with Gasteiger partial charge in [0.15, 0.2) is 0 Å². The van der Waals surface area contributed by atoms with E-state index in [1.54, 1.807) is 30.3 Å². The molecule has 0 unspecified atom stereocenters. The van der Waals surface area contributed by atoms with Crippen molar-refractivity contribution in [3.05, 3.63) is 100 Å². The van der Waals surface area contributed by atoms with Gasteiger partial charge < -0.3 is 9.47 Å². The normalized spacial score (nSPS) is 13.9. The number of carbonyl (C=O) groups excluding carboxylic acids is 3. The monoisotopic (exact) mass is 547 g/mol. The highest BCUT2D eigenvalue weighted by Gasteiger charge is 2.33. The lowest BCUT2D eigenvalue weighted by Crippen LogP contribution is -2.47. The average Bonchev–Trinajstić information content (AvgIpc) is 3.19. The van der Waals surface area contributed by atoms with Crippen LogP contribution >= 0.6 is 24.0 Å². The van der Waals surface area contributed by atoms with Gasteiger partial charge >= 0.3 is 0 Å². The van der Waals surface area contributed by atoms with Gasteiger partial charge in [-0.25, -0.2) is 0 Å². The second-order valence-corrected chi connectivity index (χ2v) is 9.75. The number of ether oxygens (including phenoxy) is 2. The summed E-state index contributed by atoms with van der Waals surface area (Å²) in [5, 5.41) is 0. The third-order valence-electron chi connectivity index (χ3n) is 5.34. The molecule has 194 valence electrons. The molecule has 10 heteroatoms. The molecule has 0 saturated carbocycles. The number of nitrogens with one attached hydrogen (secondary N) is 2. The zero-order chi connectivity index (χ0) is 26.9. The molecule has 3 aromatic carbocycles. The van der Waals surface area contributed by atoms with Gasteiger partial charge in [-0.3, -0.25) is 30.1 Å². The van der Waals surface area contributed by atoms with E-state index >= 15 is 0 Å². The smallest absolute Gasteiger partial charge is 0.269 e. The number of thiocarbonyl (C=S) groups is 1. The van der Waals surface area contributed by atoms with Crippen LogP contribution in [0.3, 0.4) is 0 Å². The van der Waals surface area contributed by atoms with Crippen molar-refractivity contribution >= 4 is 52.1 Å². The lowest BCUT2D eigenvalue weighted by molar-refractivity contribution is -0.129. The van der Waals surface area contributed by atoms with Crippen molar-refractivity contribution in [3.63, 3.8) is 0 Å². The maximum absolute atomic E-state index is 12.8. The zero-order valence-electron chi connectivity index (χ0n) is 20.5. The van der Waals surface area contributed by atoms with Crippen molar-refractivity contribution in [3.8, 4) is 11.5 Å². The highest BCUT2D eigenvalue weighted by molar-refractivity contribution is 8.26. The van der Waals surface area contributed by atoms with Gasteiger partial charge in [0.05, 0.1) is 11.5 Å². The van der Waals surface area contributed by atoms with Crippen LogP contribution in [0, 0.1) is 0 Å². The van der Waals surface area contributed by atoms with E-state index in [2.05, 4.69) is 10.9 Å². The molecule has 1 aliphatic rings. The Labute approximate surface area is 230 Å². The summed E-state index contributed by atoms with van der Waals surface area (Å²) in [4.78, 5) is 39.3. The fourth-order valence-corrected chi connectivity index (χ4v) is 4.69. The highest BCUT2D eigenvalue weighted by Crippen LogP contribution is 2.32. The average molecular weight is 548 g/mol. The molecule has 1 fully saturated rings. The topological polar surface area (TPSA) is 97.0 Å². The van der Waals surface area contributed by atoms with E-state index in [0.29, 0.717) is 29.4 Å². The van der Waals surface area contributed by atoms with E-state index in [-0.39, 0.29) is 16.8 Å². The van der Waals surface area contributed by atoms with E-state index in [4.69, 9.17) is 21.7 Å². The molecule has 1 heterocycles. The Morgan fingerprint density at radius 1 is 0.921 bits per heavy atom. The molecule has 0 bridgehead atoms. The van der Waals surface area contributed by atoms with Crippen LogP contribution in [0.1, 0.15) is 28.4 Å². The Balaban J connectivity index is 1.26. The minimum Gasteiger partial charge on any atom is -0.494 e. The van der Waals surface area contributed by atoms with Crippen molar-refractivity contribution in [2.45, 2.75) is 13.5 Å². The van der Waals surface area contributed by atoms with Crippen molar-refractivity contribution in [2.24, 2.45) is 0 Å².